The Kier molecular flexibility index (Phi) is 6.83. The first-order chi connectivity index (χ1) is 12.0. The van der Waals surface area contributed by atoms with Crippen LogP contribution in [0.15, 0.2) is 42.5 Å². The van der Waals surface area contributed by atoms with Gasteiger partial charge in [-0.25, -0.2) is 0 Å². The highest BCUT2D eigenvalue weighted by Crippen LogP contribution is 2.27. The van der Waals surface area contributed by atoms with E-state index in [1.165, 1.54) is 0 Å². The van der Waals surface area contributed by atoms with Gasteiger partial charge in [-0.2, -0.15) is 0 Å². The van der Waals surface area contributed by atoms with Gasteiger partial charge in [-0.05, 0) is 43.0 Å². The monoisotopic (exact) mass is 342 g/mol. The van der Waals surface area contributed by atoms with Crippen molar-refractivity contribution in [1.29, 1.82) is 0 Å². The summed E-state index contributed by atoms with van der Waals surface area (Å²) < 4.78 is 10.5. The van der Waals surface area contributed by atoms with Gasteiger partial charge < -0.3 is 20.5 Å². The number of amides is 1. The van der Waals surface area contributed by atoms with Crippen LogP contribution in [0.2, 0.25) is 0 Å². The molecule has 2 aromatic carbocycles. The first-order valence-corrected chi connectivity index (χ1v) is 8.36. The van der Waals surface area contributed by atoms with Crippen LogP contribution < -0.4 is 20.5 Å². The van der Waals surface area contributed by atoms with Crippen molar-refractivity contribution in [3.63, 3.8) is 0 Å². The molecule has 5 heteroatoms. The van der Waals surface area contributed by atoms with Crippen molar-refractivity contribution in [2.45, 2.75) is 25.8 Å². The summed E-state index contributed by atoms with van der Waals surface area (Å²) in [6.07, 6.45) is 1.66. The molecule has 0 bridgehead atoms. The quantitative estimate of drug-likeness (QED) is 0.724. The molecular formula is C20H26N2O3. The largest absolute Gasteiger partial charge is 0.493 e. The smallest absolute Gasteiger partial charge is 0.241 e. The molecule has 0 radical (unpaired) electrons. The summed E-state index contributed by atoms with van der Waals surface area (Å²) >= 11 is 0. The second kappa shape index (κ2) is 9.08. The third-order valence-electron chi connectivity index (χ3n) is 4.11. The summed E-state index contributed by atoms with van der Waals surface area (Å²) in [5.74, 6) is 1.27. The number of methoxy groups -OCH3 is 2. The van der Waals surface area contributed by atoms with E-state index in [9.17, 15) is 4.79 Å². The summed E-state index contributed by atoms with van der Waals surface area (Å²) in [5.41, 5.74) is 9.11. The molecule has 3 N–H and O–H groups in total. The standard InChI is InChI=1S/C20H26N2O3/c1-14-6-9-16(10-7-14)19(21)20(23)22-12-4-5-15-8-11-17(24-2)18(13-15)25-3/h6-11,13,19H,4-5,12,21H2,1-3H3,(H,22,23). The van der Waals surface area contributed by atoms with Gasteiger partial charge in [-0.3, -0.25) is 4.79 Å². The van der Waals surface area contributed by atoms with Crippen molar-refractivity contribution < 1.29 is 14.3 Å². The lowest BCUT2D eigenvalue weighted by Gasteiger charge is -2.13. The van der Waals surface area contributed by atoms with Crippen LogP contribution in [0.3, 0.4) is 0 Å². The summed E-state index contributed by atoms with van der Waals surface area (Å²) in [7, 11) is 3.23. The number of ether oxygens (including phenoxy) is 2. The maximum atomic E-state index is 12.2. The molecule has 0 aliphatic carbocycles. The Hall–Kier alpha value is -2.53. The van der Waals surface area contributed by atoms with Gasteiger partial charge in [0.15, 0.2) is 11.5 Å². The molecule has 0 aliphatic heterocycles. The normalized spacial score (nSPS) is 11.7. The van der Waals surface area contributed by atoms with Crippen LogP contribution >= 0.6 is 0 Å². The minimum atomic E-state index is -0.637. The molecule has 2 rings (SSSR count). The molecule has 0 saturated heterocycles. The highest BCUT2D eigenvalue weighted by atomic mass is 16.5. The Morgan fingerprint density at radius 1 is 1.08 bits per heavy atom. The number of rotatable bonds is 8. The SMILES string of the molecule is COc1ccc(CCCNC(=O)C(N)c2ccc(C)cc2)cc1OC. The number of hydrogen-bond donors (Lipinski definition) is 2. The summed E-state index contributed by atoms with van der Waals surface area (Å²) in [5, 5.41) is 2.90. The predicted octanol–water partition coefficient (Wildman–Crippen LogP) is 2.76. The fourth-order valence-electron chi connectivity index (χ4n) is 2.58. The van der Waals surface area contributed by atoms with E-state index in [0.717, 1.165) is 29.5 Å². The highest BCUT2D eigenvalue weighted by Gasteiger charge is 2.14. The van der Waals surface area contributed by atoms with Crippen LogP contribution in [-0.4, -0.2) is 26.7 Å². The molecule has 2 aromatic rings. The van der Waals surface area contributed by atoms with E-state index in [1.807, 2.05) is 49.4 Å². The van der Waals surface area contributed by atoms with Gasteiger partial charge in [-0.15, -0.1) is 0 Å². The van der Waals surface area contributed by atoms with Crippen LogP contribution in [0.25, 0.3) is 0 Å². The van der Waals surface area contributed by atoms with Crippen LogP contribution in [0, 0.1) is 6.92 Å². The molecule has 0 aliphatic rings. The average molecular weight is 342 g/mol. The molecule has 0 fully saturated rings. The van der Waals surface area contributed by atoms with Crippen molar-refractivity contribution in [3.05, 3.63) is 59.2 Å². The van der Waals surface area contributed by atoms with Crippen molar-refractivity contribution in [1.82, 2.24) is 5.32 Å². The van der Waals surface area contributed by atoms with E-state index in [1.54, 1.807) is 14.2 Å². The second-order valence-corrected chi connectivity index (χ2v) is 5.97. The molecule has 1 unspecified atom stereocenters. The molecule has 0 saturated carbocycles. The van der Waals surface area contributed by atoms with Gasteiger partial charge in [0.05, 0.1) is 14.2 Å². The predicted molar refractivity (Wildman–Crippen MR) is 99.0 cm³/mol. The average Bonchev–Trinajstić information content (AvgIpc) is 2.64. The summed E-state index contributed by atoms with van der Waals surface area (Å²) in [6, 6.07) is 12.9. The molecule has 1 amide bonds. The van der Waals surface area contributed by atoms with Crippen molar-refractivity contribution >= 4 is 5.91 Å². The lowest BCUT2D eigenvalue weighted by atomic mass is 10.1. The van der Waals surface area contributed by atoms with Gasteiger partial charge in [0.2, 0.25) is 5.91 Å². The van der Waals surface area contributed by atoms with Crippen molar-refractivity contribution in [2.24, 2.45) is 5.73 Å². The molecule has 0 aromatic heterocycles. The van der Waals surface area contributed by atoms with Crippen LogP contribution in [0.4, 0.5) is 0 Å². The van der Waals surface area contributed by atoms with Gasteiger partial charge in [0.25, 0.3) is 0 Å². The van der Waals surface area contributed by atoms with E-state index in [2.05, 4.69) is 5.32 Å². The highest BCUT2D eigenvalue weighted by molar-refractivity contribution is 5.82. The molecule has 25 heavy (non-hydrogen) atoms. The van der Waals surface area contributed by atoms with Crippen molar-refractivity contribution in [3.8, 4) is 11.5 Å². The number of nitrogens with one attached hydrogen (secondary N) is 1. The topological polar surface area (TPSA) is 73.6 Å². The minimum Gasteiger partial charge on any atom is -0.493 e. The first kappa shape index (κ1) is 18.8. The van der Waals surface area contributed by atoms with E-state index >= 15 is 0 Å². The number of carbonyl (C=O) groups is 1. The van der Waals surface area contributed by atoms with E-state index in [4.69, 9.17) is 15.2 Å². The lowest BCUT2D eigenvalue weighted by Crippen LogP contribution is -2.34. The second-order valence-electron chi connectivity index (χ2n) is 5.97. The zero-order valence-electron chi connectivity index (χ0n) is 15.0. The van der Waals surface area contributed by atoms with E-state index < -0.39 is 6.04 Å². The Balaban J connectivity index is 1.80. The molecular weight excluding hydrogens is 316 g/mol. The first-order valence-electron chi connectivity index (χ1n) is 8.36. The Labute approximate surface area is 149 Å². The number of nitrogens with two attached hydrogens (primary N) is 1. The van der Waals surface area contributed by atoms with Crippen molar-refractivity contribution in [2.75, 3.05) is 20.8 Å². The number of hydrogen-bond acceptors (Lipinski definition) is 4. The Morgan fingerprint density at radius 2 is 1.76 bits per heavy atom. The minimum absolute atomic E-state index is 0.156. The zero-order valence-corrected chi connectivity index (χ0v) is 15.0. The molecule has 5 nitrogen and oxygen atoms in total. The lowest BCUT2D eigenvalue weighted by molar-refractivity contribution is -0.122. The molecule has 0 heterocycles. The molecule has 134 valence electrons. The Morgan fingerprint density at radius 3 is 2.40 bits per heavy atom. The third kappa shape index (κ3) is 5.22. The fraction of sp³-hybridized carbons (Fsp3) is 0.350. The number of carbonyl (C=O) groups excluding carboxylic acids is 1. The van der Waals surface area contributed by atoms with Gasteiger partial charge in [0.1, 0.15) is 6.04 Å². The third-order valence-corrected chi connectivity index (χ3v) is 4.11. The van der Waals surface area contributed by atoms with Crippen LogP contribution in [0.5, 0.6) is 11.5 Å². The zero-order chi connectivity index (χ0) is 18.2. The molecule has 0 spiro atoms. The van der Waals surface area contributed by atoms with Gasteiger partial charge in [0, 0.05) is 6.54 Å². The van der Waals surface area contributed by atoms with Crippen LogP contribution in [-0.2, 0) is 11.2 Å². The number of benzene rings is 2. The maximum absolute atomic E-state index is 12.2. The molecule has 1 atom stereocenters. The maximum Gasteiger partial charge on any atom is 0.241 e. The summed E-state index contributed by atoms with van der Waals surface area (Å²) in [6.45, 7) is 2.58. The fourth-order valence-corrected chi connectivity index (χ4v) is 2.58. The van der Waals surface area contributed by atoms with Crippen LogP contribution in [0.1, 0.15) is 29.2 Å². The van der Waals surface area contributed by atoms with Gasteiger partial charge in [-0.1, -0.05) is 35.9 Å². The Bertz CT molecular complexity index is 699. The van der Waals surface area contributed by atoms with E-state index in [0.29, 0.717) is 18.0 Å². The summed E-state index contributed by atoms with van der Waals surface area (Å²) in [4.78, 5) is 12.2. The van der Waals surface area contributed by atoms with E-state index in [-0.39, 0.29) is 5.91 Å². The number of aryl methyl sites for hydroxylation is 2. The van der Waals surface area contributed by atoms with Gasteiger partial charge >= 0.3 is 0 Å².